The van der Waals surface area contributed by atoms with Gasteiger partial charge in [-0.25, -0.2) is 9.18 Å². The van der Waals surface area contributed by atoms with Gasteiger partial charge < -0.3 is 4.74 Å². The second-order valence-electron chi connectivity index (χ2n) is 2.53. The van der Waals surface area contributed by atoms with Crippen LogP contribution in [0.25, 0.3) is 0 Å². The van der Waals surface area contributed by atoms with Crippen molar-refractivity contribution in [1.29, 1.82) is 0 Å². The molecule has 0 fully saturated rings. The van der Waals surface area contributed by atoms with Crippen LogP contribution in [0, 0.1) is 15.9 Å². The molecular formula is C8H5BrFNO4. The highest BCUT2D eigenvalue weighted by molar-refractivity contribution is 9.10. The van der Waals surface area contributed by atoms with E-state index in [0.717, 1.165) is 13.2 Å². The van der Waals surface area contributed by atoms with Crippen molar-refractivity contribution in [3.63, 3.8) is 0 Å². The van der Waals surface area contributed by atoms with Crippen molar-refractivity contribution in [3.05, 3.63) is 38.1 Å². The molecule has 0 spiro atoms. The van der Waals surface area contributed by atoms with Gasteiger partial charge in [-0.1, -0.05) is 0 Å². The van der Waals surface area contributed by atoms with Crippen LogP contribution >= 0.6 is 15.9 Å². The van der Waals surface area contributed by atoms with Crippen molar-refractivity contribution in [2.24, 2.45) is 0 Å². The molecule has 0 aliphatic rings. The van der Waals surface area contributed by atoms with Gasteiger partial charge in [-0.3, -0.25) is 10.1 Å². The number of carbonyl (C=O) groups excluding carboxylic acids is 1. The molecule has 0 N–H and O–H groups in total. The standard InChI is InChI=1S/C8H5BrFNO4/c1-15-8(12)4-2-5(9)6(10)3-7(4)11(13)14/h2-3H,1H3. The minimum Gasteiger partial charge on any atom is -0.465 e. The van der Waals surface area contributed by atoms with Crippen LogP contribution in [0.15, 0.2) is 16.6 Å². The van der Waals surface area contributed by atoms with Crippen LogP contribution in [0.2, 0.25) is 0 Å². The zero-order chi connectivity index (χ0) is 11.6. The molecule has 0 aromatic heterocycles. The van der Waals surface area contributed by atoms with Gasteiger partial charge in [0.25, 0.3) is 5.69 Å². The minimum absolute atomic E-state index is 0.0338. The summed E-state index contributed by atoms with van der Waals surface area (Å²) in [5.74, 6) is -1.70. The van der Waals surface area contributed by atoms with Crippen LogP contribution in [0.4, 0.5) is 10.1 Å². The molecule has 5 nitrogen and oxygen atoms in total. The number of rotatable bonds is 2. The number of nitrogens with zero attached hydrogens (tertiary/aromatic N) is 1. The molecule has 0 radical (unpaired) electrons. The number of esters is 1. The van der Waals surface area contributed by atoms with Gasteiger partial charge in [-0.2, -0.15) is 0 Å². The number of halogens is 2. The topological polar surface area (TPSA) is 69.4 Å². The van der Waals surface area contributed by atoms with Gasteiger partial charge in [0, 0.05) is 0 Å². The Kier molecular flexibility index (Phi) is 3.35. The number of carbonyl (C=O) groups is 1. The summed E-state index contributed by atoms with van der Waals surface area (Å²) in [6.07, 6.45) is 0. The van der Waals surface area contributed by atoms with Crippen LogP contribution in [-0.4, -0.2) is 18.0 Å². The Bertz CT molecular complexity index is 435. The lowest BCUT2D eigenvalue weighted by molar-refractivity contribution is -0.385. The van der Waals surface area contributed by atoms with Crippen molar-refractivity contribution in [3.8, 4) is 0 Å². The third-order valence-electron chi connectivity index (χ3n) is 1.64. The number of methoxy groups -OCH3 is 1. The zero-order valence-corrected chi connectivity index (χ0v) is 9.08. The summed E-state index contributed by atoms with van der Waals surface area (Å²) in [7, 11) is 1.09. The molecule has 0 heterocycles. The summed E-state index contributed by atoms with van der Waals surface area (Å²) in [4.78, 5) is 20.8. The Morgan fingerprint density at radius 2 is 2.20 bits per heavy atom. The van der Waals surface area contributed by atoms with E-state index < -0.39 is 22.4 Å². The Balaban J connectivity index is 3.41. The smallest absolute Gasteiger partial charge is 0.344 e. The van der Waals surface area contributed by atoms with Gasteiger partial charge in [0.2, 0.25) is 0 Å². The molecule has 1 aromatic carbocycles. The lowest BCUT2D eigenvalue weighted by Crippen LogP contribution is -2.06. The van der Waals surface area contributed by atoms with E-state index in [9.17, 15) is 19.3 Å². The molecule has 0 aliphatic carbocycles. The second-order valence-corrected chi connectivity index (χ2v) is 3.39. The average molecular weight is 278 g/mol. The fourth-order valence-corrected chi connectivity index (χ4v) is 1.30. The van der Waals surface area contributed by atoms with Crippen LogP contribution in [-0.2, 0) is 4.74 Å². The molecule has 0 aliphatic heterocycles. The molecule has 0 saturated heterocycles. The van der Waals surface area contributed by atoms with Crippen molar-refractivity contribution >= 4 is 27.6 Å². The number of nitro benzene ring substituents is 1. The van der Waals surface area contributed by atoms with Gasteiger partial charge in [-0.15, -0.1) is 0 Å². The SMILES string of the molecule is COC(=O)c1cc(Br)c(F)cc1[N+](=O)[O-]. The number of nitro groups is 1. The number of ether oxygens (including phenoxy) is 1. The molecule has 15 heavy (non-hydrogen) atoms. The lowest BCUT2D eigenvalue weighted by atomic mass is 10.2. The molecule has 0 saturated carbocycles. The first-order chi connectivity index (χ1) is 6.97. The van der Waals surface area contributed by atoms with E-state index in [2.05, 4.69) is 20.7 Å². The Hall–Kier alpha value is -1.50. The fourth-order valence-electron chi connectivity index (χ4n) is 0.961. The largest absolute Gasteiger partial charge is 0.465 e. The predicted molar refractivity (Wildman–Crippen MR) is 52.1 cm³/mol. The van der Waals surface area contributed by atoms with Gasteiger partial charge in [0.1, 0.15) is 11.4 Å². The summed E-state index contributed by atoms with van der Waals surface area (Å²) >= 11 is 2.82. The Morgan fingerprint density at radius 3 is 2.67 bits per heavy atom. The Morgan fingerprint density at radius 1 is 1.60 bits per heavy atom. The van der Waals surface area contributed by atoms with E-state index in [4.69, 9.17) is 0 Å². The third kappa shape index (κ3) is 2.30. The van der Waals surface area contributed by atoms with Gasteiger partial charge in [-0.05, 0) is 22.0 Å². The van der Waals surface area contributed by atoms with Crippen LogP contribution in [0.1, 0.15) is 10.4 Å². The minimum atomic E-state index is -0.887. The fraction of sp³-hybridized carbons (Fsp3) is 0.125. The number of hydrogen-bond acceptors (Lipinski definition) is 4. The highest BCUT2D eigenvalue weighted by atomic mass is 79.9. The van der Waals surface area contributed by atoms with E-state index in [1.807, 2.05) is 0 Å². The molecule has 0 atom stereocenters. The van der Waals surface area contributed by atoms with E-state index in [1.54, 1.807) is 0 Å². The number of hydrogen-bond donors (Lipinski definition) is 0. The molecule has 0 bridgehead atoms. The van der Waals surface area contributed by atoms with Gasteiger partial charge in [0.15, 0.2) is 0 Å². The summed E-state index contributed by atoms with van der Waals surface area (Å²) in [5, 5.41) is 10.5. The van der Waals surface area contributed by atoms with E-state index in [0.29, 0.717) is 6.07 Å². The molecule has 0 amide bonds. The normalized spacial score (nSPS) is 9.80. The maximum atomic E-state index is 13.0. The molecule has 0 unspecified atom stereocenters. The van der Waals surface area contributed by atoms with Gasteiger partial charge in [0.05, 0.1) is 22.6 Å². The van der Waals surface area contributed by atoms with E-state index >= 15 is 0 Å². The molecular weight excluding hydrogens is 273 g/mol. The summed E-state index contributed by atoms with van der Waals surface area (Å²) in [5.41, 5.74) is -0.918. The van der Waals surface area contributed by atoms with Crippen molar-refractivity contribution in [2.75, 3.05) is 7.11 Å². The van der Waals surface area contributed by atoms with Crippen LogP contribution in [0.3, 0.4) is 0 Å². The van der Waals surface area contributed by atoms with Crippen LogP contribution < -0.4 is 0 Å². The predicted octanol–water partition coefficient (Wildman–Crippen LogP) is 2.28. The third-order valence-corrected chi connectivity index (χ3v) is 2.25. The van der Waals surface area contributed by atoms with Gasteiger partial charge >= 0.3 is 5.97 Å². The summed E-state index contributed by atoms with van der Waals surface area (Å²) < 4.78 is 17.3. The summed E-state index contributed by atoms with van der Waals surface area (Å²) in [6.45, 7) is 0. The number of benzene rings is 1. The van der Waals surface area contributed by atoms with E-state index in [-0.39, 0.29) is 10.0 Å². The van der Waals surface area contributed by atoms with Crippen molar-refractivity contribution in [2.45, 2.75) is 0 Å². The van der Waals surface area contributed by atoms with Crippen LogP contribution in [0.5, 0.6) is 0 Å². The lowest BCUT2D eigenvalue weighted by Gasteiger charge is -2.02. The quantitative estimate of drug-likeness (QED) is 0.472. The molecule has 80 valence electrons. The maximum absolute atomic E-state index is 13.0. The second kappa shape index (κ2) is 4.35. The molecule has 7 heteroatoms. The summed E-state index contributed by atoms with van der Waals surface area (Å²) in [6, 6.07) is 1.68. The zero-order valence-electron chi connectivity index (χ0n) is 7.49. The average Bonchev–Trinajstić information content (AvgIpc) is 2.20. The Labute approximate surface area is 92.1 Å². The monoisotopic (exact) mass is 277 g/mol. The molecule has 1 rings (SSSR count). The highest BCUT2D eigenvalue weighted by Gasteiger charge is 2.23. The van der Waals surface area contributed by atoms with E-state index in [1.165, 1.54) is 0 Å². The molecule has 1 aromatic rings. The first-order valence-electron chi connectivity index (χ1n) is 3.69. The van der Waals surface area contributed by atoms with Crippen molar-refractivity contribution < 1.29 is 18.8 Å². The highest BCUT2D eigenvalue weighted by Crippen LogP contribution is 2.26. The first kappa shape index (κ1) is 11.6. The maximum Gasteiger partial charge on any atom is 0.344 e. The van der Waals surface area contributed by atoms with Crippen molar-refractivity contribution in [1.82, 2.24) is 0 Å². The first-order valence-corrected chi connectivity index (χ1v) is 4.48.